The first-order valence-electron chi connectivity index (χ1n) is 6.43. The average molecular weight is 204 g/mol. The Kier molecular flexibility index (Phi) is 2.24. The van der Waals surface area contributed by atoms with Crippen molar-refractivity contribution < 1.29 is 5.11 Å². The van der Waals surface area contributed by atoms with E-state index in [-0.39, 0.29) is 0 Å². The highest BCUT2D eigenvalue weighted by atomic mass is 16.3. The van der Waals surface area contributed by atoms with E-state index in [1.54, 1.807) is 0 Å². The smallest absolute Gasteiger partial charge is 0.0924 e. The zero-order valence-corrected chi connectivity index (χ0v) is 9.34. The molecule has 2 unspecified atom stereocenters. The minimum absolute atomic E-state index is 0.442. The maximum absolute atomic E-state index is 10.9. The Labute approximate surface area is 91.9 Å². The van der Waals surface area contributed by atoms with Gasteiger partial charge in [0.1, 0.15) is 0 Å². The van der Waals surface area contributed by atoms with Gasteiger partial charge in [-0.3, -0.25) is 0 Å². The summed E-state index contributed by atoms with van der Waals surface area (Å²) in [5.41, 5.74) is 2.40. The molecule has 2 fully saturated rings. The molecule has 1 heteroatoms. The summed E-state index contributed by atoms with van der Waals surface area (Å²) in [6.45, 7) is 0. The van der Waals surface area contributed by atoms with Gasteiger partial charge < -0.3 is 5.11 Å². The van der Waals surface area contributed by atoms with Crippen LogP contribution in [0, 0.1) is 5.92 Å². The minimum atomic E-state index is -0.442. The Morgan fingerprint density at radius 1 is 1.07 bits per heavy atom. The van der Waals surface area contributed by atoms with E-state index in [4.69, 9.17) is 0 Å². The number of hydrogen-bond donors (Lipinski definition) is 1. The Hall–Kier alpha value is -0.560. The van der Waals surface area contributed by atoms with E-state index >= 15 is 0 Å². The zero-order chi connectivity index (χ0) is 10.3. The first-order valence-corrected chi connectivity index (χ1v) is 6.43. The quantitative estimate of drug-likeness (QED) is 0.641. The second kappa shape index (κ2) is 3.48. The van der Waals surface area contributed by atoms with Gasteiger partial charge in [0.15, 0.2) is 0 Å². The third kappa shape index (κ3) is 1.40. The van der Waals surface area contributed by atoms with E-state index in [1.165, 1.54) is 49.7 Å². The first kappa shape index (κ1) is 9.65. The van der Waals surface area contributed by atoms with Gasteiger partial charge in [-0.2, -0.15) is 0 Å². The van der Waals surface area contributed by atoms with Gasteiger partial charge in [0.05, 0.1) is 5.60 Å². The molecule has 2 atom stereocenters. The van der Waals surface area contributed by atoms with Crippen LogP contribution < -0.4 is 0 Å². The average Bonchev–Trinajstić information content (AvgIpc) is 2.29. The van der Waals surface area contributed by atoms with E-state index in [0.717, 1.165) is 12.8 Å². The molecule has 0 aliphatic heterocycles. The molecule has 0 spiro atoms. The first-order chi connectivity index (χ1) is 7.31. The molecule has 0 aromatic carbocycles. The Morgan fingerprint density at radius 3 is 2.87 bits per heavy atom. The number of fused-ring (bicyclic) bond motifs is 3. The van der Waals surface area contributed by atoms with Crippen molar-refractivity contribution in [2.24, 2.45) is 5.92 Å². The fourth-order valence-corrected chi connectivity index (χ4v) is 3.70. The van der Waals surface area contributed by atoms with Crippen LogP contribution in [0.15, 0.2) is 23.3 Å². The summed E-state index contributed by atoms with van der Waals surface area (Å²) in [6, 6.07) is 0. The zero-order valence-electron chi connectivity index (χ0n) is 9.34. The van der Waals surface area contributed by atoms with Crippen LogP contribution in [-0.2, 0) is 0 Å². The molecule has 0 aromatic rings. The highest BCUT2D eigenvalue weighted by Crippen LogP contribution is 2.48. The van der Waals surface area contributed by atoms with Crippen molar-refractivity contribution in [1.29, 1.82) is 0 Å². The summed E-state index contributed by atoms with van der Waals surface area (Å²) in [5.74, 6) is 0.464. The monoisotopic (exact) mass is 204 g/mol. The molecule has 2 saturated carbocycles. The summed E-state index contributed by atoms with van der Waals surface area (Å²) >= 11 is 0. The van der Waals surface area contributed by atoms with E-state index in [2.05, 4.69) is 12.2 Å². The SMILES string of the molecule is OC12CCCCC1=CC=C1CCCCC12. The molecular weight excluding hydrogens is 184 g/mol. The predicted molar refractivity (Wildman–Crippen MR) is 61.5 cm³/mol. The number of aliphatic hydroxyl groups is 1. The Bertz CT molecular complexity index is 326. The maximum Gasteiger partial charge on any atom is 0.0924 e. The van der Waals surface area contributed by atoms with Crippen LogP contribution in [0.5, 0.6) is 0 Å². The molecule has 82 valence electrons. The van der Waals surface area contributed by atoms with Gasteiger partial charge in [-0.1, -0.05) is 24.1 Å². The maximum atomic E-state index is 10.9. The largest absolute Gasteiger partial charge is 0.385 e. The lowest BCUT2D eigenvalue weighted by Crippen LogP contribution is -2.45. The van der Waals surface area contributed by atoms with Crippen molar-refractivity contribution in [3.8, 4) is 0 Å². The molecule has 3 aliphatic carbocycles. The Balaban J connectivity index is 1.98. The number of allylic oxidation sites excluding steroid dienone is 2. The summed E-state index contributed by atoms with van der Waals surface area (Å²) in [5, 5.41) is 10.9. The summed E-state index contributed by atoms with van der Waals surface area (Å²) in [6.07, 6.45) is 14.2. The van der Waals surface area contributed by atoms with Crippen LogP contribution in [0.25, 0.3) is 0 Å². The lowest BCUT2D eigenvalue weighted by molar-refractivity contribution is -0.00284. The molecule has 3 aliphatic rings. The molecular formula is C14H20O. The second-order valence-corrected chi connectivity index (χ2v) is 5.36. The third-order valence-electron chi connectivity index (χ3n) is 4.54. The van der Waals surface area contributed by atoms with Gasteiger partial charge >= 0.3 is 0 Å². The molecule has 0 aromatic heterocycles. The standard InChI is InChI=1S/C14H20O/c15-14-10-4-3-6-12(14)9-8-11-5-1-2-7-13(11)14/h8-9,13,15H,1-7,10H2. The van der Waals surface area contributed by atoms with Gasteiger partial charge in [-0.25, -0.2) is 0 Å². The van der Waals surface area contributed by atoms with Crippen LogP contribution in [0.2, 0.25) is 0 Å². The van der Waals surface area contributed by atoms with Crippen molar-refractivity contribution in [2.45, 2.75) is 57.0 Å². The van der Waals surface area contributed by atoms with E-state index in [9.17, 15) is 5.11 Å². The fourth-order valence-electron chi connectivity index (χ4n) is 3.70. The van der Waals surface area contributed by atoms with Crippen molar-refractivity contribution in [2.75, 3.05) is 0 Å². The predicted octanol–water partition coefficient (Wildman–Crippen LogP) is 3.35. The highest BCUT2D eigenvalue weighted by Gasteiger charge is 2.44. The van der Waals surface area contributed by atoms with Gasteiger partial charge in [-0.15, -0.1) is 0 Å². The molecule has 1 N–H and O–H groups in total. The summed E-state index contributed by atoms with van der Waals surface area (Å²) < 4.78 is 0. The minimum Gasteiger partial charge on any atom is -0.385 e. The van der Waals surface area contributed by atoms with E-state index in [0.29, 0.717) is 5.92 Å². The molecule has 15 heavy (non-hydrogen) atoms. The summed E-state index contributed by atoms with van der Waals surface area (Å²) in [4.78, 5) is 0. The van der Waals surface area contributed by atoms with Crippen LogP contribution in [0.4, 0.5) is 0 Å². The lowest BCUT2D eigenvalue weighted by atomic mass is 9.63. The third-order valence-corrected chi connectivity index (χ3v) is 4.54. The van der Waals surface area contributed by atoms with Gasteiger partial charge in [0.25, 0.3) is 0 Å². The normalized spacial score (nSPS) is 39.9. The second-order valence-electron chi connectivity index (χ2n) is 5.36. The van der Waals surface area contributed by atoms with Crippen molar-refractivity contribution >= 4 is 0 Å². The van der Waals surface area contributed by atoms with Crippen molar-refractivity contribution in [1.82, 2.24) is 0 Å². The molecule has 0 heterocycles. The van der Waals surface area contributed by atoms with Crippen LogP contribution >= 0.6 is 0 Å². The van der Waals surface area contributed by atoms with E-state index < -0.39 is 5.60 Å². The lowest BCUT2D eigenvalue weighted by Gasteiger charge is -2.46. The number of rotatable bonds is 0. The molecule has 0 amide bonds. The Morgan fingerprint density at radius 2 is 1.93 bits per heavy atom. The molecule has 3 rings (SSSR count). The fraction of sp³-hybridized carbons (Fsp3) is 0.714. The molecule has 0 saturated heterocycles. The van der Waals surface area contributed by atoms with Crippen LogP contribution in [-0.4, -0.2) is 10.7 Å². The molecule has 0 radical (unpaired) electrons. The van der Waals surface area contributed by atoms with Crippen LogP contribution in [0.1, 0.15) is 51.4 Å². The summed E-state index contributed by atoms with van der Waals surface area (Å²) in [7, 11) is 0. The number of hydrogen-bond acceptors (Lipinski definition) is 1. The van der Waals surface area contributed by atoms with Crippen LogP contribution in [0.3, 0.4) is 0 Å². The van der Waals surface area contributed by atoms with E-state index in [1.807, 2.05) is 0 Å². The van der Waals surface area contributed by atoms with Gasteiger partial charge in [-0.05, 0) is 50.5 Å². The van der Waals surface area contributed by atoms with Crippen molar-refractivity contribution in [3.63, 3.8) is 0 Å². The van der Waals surface area contributed by atoms with Gasteiger partial charge in [0.2, 0.25) is 0 Å². The topological polar surface area (TPSA) is 20.2 Å². The van der Waals surface area contributed by atoms with Gasteiger partial charge in [0, 0.05) is 5.92 Å². The molecule has 1 nitrogen and oxygen atoms in total. The highest BCUT2D eigenvalue weighted by molar-refractivity contribution is 5.37. The molecule has 0 bridgehead atoms. The van der Waals surface area contributed by atoms with Crippen molar-refractivity contribution in [3.05, 3.63) is 23.3 Å².